The molecule has 2 rings (SSSR count). The van der Waals surface area contributed by atoms with Crippen molar-refractivity contribution >= 4 is 11.2 Å². The molecular formula is C6H7N5O. The number of aryl methyl sites for hydroxylation is 1. The van der Waals surface area contributed by atoms with Gasteiger partial charge in [-0.05, 0) is 11.6 Å². The second-order valence-electron chi connectivity index (χ2n) is 2.39. The molecule has 0 atom stereocenters. The van der Waals surface area contributed by atoms with E-state index >= 15 is 0 Å². The average molecular weight is 165 g/mol. The molecule has 6 nitrogen and oxygen atoms in total. The summed E-state index contributed by atoms with van der Waals surface area (Å²) in [7, 11) is 0. The van der Waals surface area contributed by atoms with Crippen molar-refractivity contribution in [3.63, 3.8) is 0 Å². The first kappa shape index (κ1) is 6.96. The van der Waals surface area contributed by atoms with Crippen molar-refractivity contribution in [3.05, 3.63) is 16.2 Å². The molecule has 0 saturated heterocycles. The number of rotatable bonds is 1. The number of aromatic nitrogens is 5. The molecule has 0 bridgehead atoms. The van der Waals surface area contributed by atoms with Crippen molar-refractivity contribution in [1.82, 2.24) is 25.4 Å². The highest BCUT2D eigenvalue weighted by Crippen LogP contribution is 2.05. The molecule has 0 radical (unpaired) electrons. The maximum atomic E-state index is 10.9. The van der Waals surface area contributed by atoms with Crippen LogP contribution < -0.4 is 5.69 Å². The normalized spacial score (nSPS) is 10.8. The molecule has 0 aliphatic carbocycles. The van der Waals surface area contributed by atoms with E-state index in [1.54, 1.807) is 0 Å². The number of H-pyrrole nitrogens is 2. The molecule has 2 aromatic heterocycles. The Balaban J connectivity index is 2.87. The standard InChI is InChI=1S/C6H7N5O/c1-2-3-4-5(10-11-9-3)8-6(12)7-4/h2H2,1H3,(H2,7,8,9,10,12). The van der Waals surface area contributed by atoms with Gasteiger partial charge in [0.2, 0.25) is 0 Å². The van der Waals surface area contributed by atoms with Crippen LogP contribution in [0.3, 0.4) is 0 Å². The quantitative estimate of drug-likeness (QED) is 0.602. The third kappa shape index (κ3) is 0.884. The van der Waals surface area contributed by atoms with Gasteiger partial charge in [-0.1, -0.05) is 6.92 Å². The molecular weight excluding hydrogens is 158 g/mol. The molecule has 0 aliphatic heterocycles. The van der Waals surface area contributed by atoms with E-state index in [0.29, 0.717) is 11.2 Å². The van der Waals surface area contributed by atoms with E-state index in [9.17, 15) is 4.79 Å². The van der Waals surface area contributed by atoms with E-state index in [4.69, 9.17) is 0 Å². The van der Waals surface area contributed by atoms with Gasteiger partial charge in [-0.25, -0.2) is 4.79 Å². The fourth-order valence-electron chi connectivity index (χ4n) is 1.08. The number of hydrogen-bond donors (Lipinski definition) is 2. The van der Waals surface area contributed by atoms with Crippen LogP contribution in [0.25, 0.3) is 11.2 Å². The first-order chi connectivity index (χ1) is 5.81. The summed E-state index contributed by atoms with van der Waals surface area (Å²) in [5.74, 6) is 0. The SMILES string of the molecule is CCc1nnnc2[nH]c(=O)[nH]c12. The van der Waals surface area contributed by atoms with Crippen molar-refractivity contribution < 1.29 is 0 Å². The zero-order valence-electron chi connectivity index (χ0n) is 6.46. The van der Waals surface area contributed by atoms with Crippen LogP contribution in [-0.4, -0.2) is 25.4 Å². The van der Waals surface area contributed by atoms with Gasteiger partial charge in [0.1, 0.15) is 5.52 Å². The first-order valence-corrected chi connectivity index (χ1v) is 3.61. The van der Waals surface area contributed by atoms with E-state index < -0.39 is 0 Å². The first-order valence-electron chi connectivity index (χ1n) is 3.61. The van der Waals surface area contributed by atoms with Crippen LogP contribution in [0.1, 0.15) is 12.6 Å². The summed E-state index contributed by atoms with van der Waals surface area (Å²) in [6, 6.07) is 0. The average Bonchev–Trinajstić information content (AvgIpc) is 2.44. The molecule has 0 unspecified atom stereocenters. The highest BCUT2D eigenvalue weighted by atomic mass is 16.1. The Morgan fingerprint density at radius 3 is 2.92 bits per heavy atom. The lowest BCUT2D eigenvalue weighted by Gasteiger charge is -1.92. The Bertz CT molecular complexity index is 456. The second-order valence-corrected chi connectivity index (χ2v) is 2.39. The Labute approximate surface area is 67.0 Å². The summed E-state index contributed by atoms with van der Waals surface area (Å²) in [6.45, 7) is 1.94. The van der Waals surface area contributed by atoms with Crippen LogP contribution in [0.5, 0.6) is 0 Å². The molecule has 6 heteroatoms. The number of imidazole rings is 1. The maximum Gasteiger partial charge on any atom is 0.325 e. The summed E-state index contributed by atoms with van der Waals surface area (Å²) >= 11 is 0. The highest BCUT2D eigenvalue weighted by molar-refractivity contribution is 5.71. The van der Waals surface area contributed by atoms with Crippen molar-refractivity contribution in [2.45, 2.75) is 13.3 Å². The van der Waals surface area contributed by atoms with E-state index in [0.717, 1.165) is 12.1 Å². The highest BCUT2D eigenvalue weighted by Gasteiger charge is 2.04. The molecule has 0 amide bonds. The van der Waals surface area contributed by atoms with Gasteiger partial charge in [-0.3, -0.25) is 4.98 Å². The van der Waals surface area contributed by atoms with E-state index in [1.165, 1.54) is 0 Å². The summed E-state index contributed by atoms with van der Waals surface area (Å²) in [4.78, 5) is 16.0. The van der Waals surface area contributed by atoms with Crippen molar-refractivity contribution in [2.75, 3.05) is 0 Å². The van der Waals surface area contributed by atoms with Gasteiger partial charge in [0.05, 0.1) is 5.69 Å². The fourth-order valence-corrected chi connectivity index (χ4v) is 1.08. The molecule has 0 saturated carbocycles. The summed E-state index contributed by atoms with van der Waals surface area (Å²) in [6.07, 6.45) is 0.722. The summed E-state index contributed by atoms with van der Waals surface area (Å²) in [5.41, 5.74) is 1.59. The van der Waals surface area contributed by atoms with Crippen LogP contribution in [0.2, 0.25) is 0 Å². The summed E-state index contributed by atoms with van der Waals surface area (Å²) in [5, 5.41) is 11.0. The predicted octanol–water partition coefficient (Wildman–Crippen LogP) is -0.396. The molecule has 0 aliphatic rings. The van der Waals surface area contributed by atoms with Gasteiger partial charge in [0.25, 0.3) is 0 Å². The Morgan fingerprint density at radius 1 is 1.33 bits per heavy atom. The molecule has 0 aromatic carbocycles. The van der Waals surface area contributed by atoms with Crippen molar-refractivity contribution in [1.29, 1.82) is 0 Å². The maximum absolute atomic E-state index is 10.9. The minimum Gasteiger partial charge on any atom is -0.303 e. The van der Waals surface area contributed by atoms with Gasteiger partial charge in [0, 0.05) is 0 Å². The Kier molecular flexibility index (Phi) is 1.39. The fraction of sp³-hybridized carbons (Fsp3) is 0.333. The zero-order chi connectivity index (χ0) is 8.55. The van der Waals surface area contributed by atoms with E-state index in [1.807, 2.05) is 6.92 Å². The number of nitrogens with one attached hydrogen (secondary N) is 2. The van der Waals surface area contributed by atoms with Crippen molar-refractivity contribution in [3.8, 4) is 0 Å². The zero-order valence-corrected chi connectivity index (χ0v) is 6.46. The van der Waals surface area contributed by atoms with Crippen LogP contribution in [0.15, 0.2) is 4.79 Å². The predicted molar refractivity (Wildman–Crippen MR) is 41.7 cm³/mol. The third-order valence-corrected chi connectivity index (χ3v) is 1.64. The van der Waals surface area contributed by atoms with E-state index in [2.05, 4.69) is 25.4 Å². The lowest BCUT2D eigenvalue weighted by Crippen LogP contribution is -1.99. The lowest BCUT2D eigenvalue weighted by molar-refractivity contribution is 0.836. The van der Waals surface area contributed by atoms with Crippen LogP contribution in [0, 0.1) is 0 Å². The molecule has 62 valence electrons. The van der Waals surface area contributed by atoms with Gasteiger partial charge in [0.15, 0.2) is 5.65 Å². The number of hydrogen-bond acceptors (Lipinski definition) is 4. The van der Waals surface area contributed by atoms with Gasteiger partial charge in [-0.2, -0.15) is 0 Å². The number of nitrogens with zero attached hydrogens (tertiary/aromatic N) is 3. The molecule has 12 heavy (non-hydrogen) atoms. The minimum absolute atomic E-state index is 0.276. The number of fused-ring (bicyclic) bond motifs is 1. The lowest BCUT2D eigenvalue weighted by atomic mass is 10.3. The van der Waals surface area contributed by atoms with Gasteiger partial charge >= 0.3 is 5.69 Å². The minimum atomic E-state index is -0.276. The largest absolute Gasteiger partial charge is 0.325 e. The Hall–Kier alpha value is -1.72. The van der Waals surface area contributed by atoms with Crippen LogP contribution >= 0.6 is 0 Å². The third-order valence-electron chi connectivity index (χ3n) is 1.64. The van der Waals surface area contributed by atoms with Gasteiger partial charge in [-0.15, -0.1) is 10.2 Å². The van der Waals surface area contributed by atoms with E-state index in [-0.39, 0.29) is 5.69 Å². The second kappa shape index (κ2) is 2.40. The van der Waals surface area contributed by atoms with Gasteiger partial charge < -0.3 is 4.98 Å². The monoisotopic (exact) mass is 165 g/mol. The molecule has 2 N–H and O–H groups in total. The summed E-state index contributed by atoms with van der Waals surface area (Å²) < 4.78 is 0. The van der Waals surface area contributed by atoms with Crippen LogP contribution in [0.4, 0.5) is 0 Å². The molecule has 0 fully saturated rings. The molecule has 2 heterocycles. The molecule has 0 spiro atoms. The number of aromatic amines is 2. The Morgan fingerprint density at radius 2 is 2.17 bits per heavy atom. The smallest absolute Gasteiger partial charge is 0.303 e. The molecule has 2 aromatic rings. The van der Waals surface area contributed by atoms with Crippen molar-refractivity contribution in [2.24, 2.45) is 0 Å². The topological polar surface area (TPSA) is 87.3 Å². The van der Waals surface area contributed by atoms with Crippen LogP contribution in [-0.2, 0) is 6.42 Å².